The molecule has 0 aliphatic carbocycles. The summed E-state index contributed by atoms with van der Waals surface area (Å²) in [4.78, 5) is 13.4. The van der Waals surface area contributed by atoms with Crippen LogP contribution in [0.4, 0.5) is 0 Å². The fourth-order valence-electron chi connectivity index (χ4n) is 1.44. The Morgan fingerprint density at radius 1 is 1.31 bits per heavy atom. The van der Waals surface area contributed by atoms with Crippen LogP contribution in [-0.4, -0.2) is 22.4 Å². The molecule has 0 saturated carbocycles. The molecule has 0 aliphatic rings. The number of rotatable bonds is 4. The van der Waals surface area contributed by atoms with Gasteiger partial charge in [-0.05, 0) is 24.1 Å². The summed E-state index contributed by atoms with van der Waals surface area (Å²) in [6, 6.07) is 9.87. The van der Waals surface area contributed by atoms with Gasteiger partial charge in [0.25, 0.3) is 0 Å². The Balaban J connectivity index is 2.11. The summed E-state index contributed by atoms with van der Waals surface area (Å²) in [5.74, 6) is 0. The first-order chi connectivity index (χ1) is 7.90. The Kier molecular flexibility index (Phi) is 3.26. The van der Waals surface area contributed by atoms with Gasteiger partial charge in [0.2, 0.25) is 6.08 Å². The third-order valence-electron chi connectivity index (χ3n) is 2.23. The normalized spacial score (nSPS) is 9.75. The van der Waals surface area contributed by atoms with Crippen molar-refractivity contribution in [2.24, 2.45) is 4.99 Å². The Labute approximate surface area is 93.2 Å². The quantitative estimate of drug-likeness (QED) is 0.573. The smallest absolute Gasteiger partial charge is 0.234 e. The average molecular weight is 213 g/mol. The van der Waals surface area contributed by atoms with E-state index in [2.05, 4.69) is 10.1 Å². The minimum atomic E-state index is 0.462. The molecule has 16 heavy (non-hydrogen) atoms. The molecule has 2 aromatic rings. The second-order valence-electron chi connectivity index (χ2n) is 3.35. The molecule has 0 fully saturated rings. The number of isocyanates is 1. The van der Waals surface area contributed by atoms with Crippen LogP contribution in [0.25, 0.3) is 5.69 Å². The average Bonchev–Trinajstić information content (AvgIpc) is 2.79. The largest absolute Gasteiger partial charge is 0.241 e. The van der Waals surface area contributed by atoms with E-state index in [1.807, 2.05) is 36.5 Å². The molecule has 1 aromatic carbocycles. The van der Waals surface area contributed by atoms with Gasteiger partial charge in [0.1, 0.15) is 0 Å². The summed E-state index contributed by atoms with van der Waals surface area (Å²) in [7, 11) is 0. The van der Waals surface area contributed by atoms with E-state index in [0.29, 0.717) is 13.0 Å². The van der Waals surface area contributed by atoms with Crippen molar-refractivity contribution in [3.63, 3.8) is 0 Å². The fraction of sp³-hybridized carbons (Fsp3) is 0.167. The molecule has 1 aromatic heterocycles. The highest BCUT2D eigenvalue weighted by atomic mass is 16.1. The van der Waals surface area contributed by atoms with Crippen LogP contribution in [0.15, 0.2) is 47.7 Å². The van der Waals surface area contributed by atoms with E-state index >= 15 is 0 Å². The first kappa shape index (κ1) is 10.3. The molecule has 0 aliphatic heterocycles. The predicted molar refractivity (Wildman–Crippen MR) is 60.3 cm³/mol. The fourth-order valence-corrected chi connectivity index (χ4v) is 1.44. The van der Waals surface area contributed by atoms with Crippen LogP contribution in [-0.2, 0) is 11.2 Å². The lowest BCUT2D eigenvalue weighted by Crippen LogP contribution is -1.93. The molecule has 0 N–H and O–H groups in total. The molecule has 0 saturated heterocycles. The molecule has 0 bridgehead atoms. The molecular formula is C12H11N3O. The maximum absolute atomic E-state index is 9.91. The number of nitrogens with zero attached hydrogens (tertiary/aromatic N) is 3. The summed E-state index contributed by atoms with van der Waals surface area (Å²) in [5.41, 5.74) is 2.08. The topological polar surface area (TPSA) is 47.2 Å². The summed E-state index contributed by atoms with van der Waals surface area (Å²) in [6.07, 6.45) is 5.96. The van der Waals surface area contributed by atoms with Gasteiger partial charge in [-0.3, -0.25) is 0 Å². The lowest BCUT2D eigenvalue weighted by Gasteiger charge is -1.98. The van der Waals surface area contributed by atoms with Gasteiger partial charge in [0.15, 0.2) is 0 Å². The maximum atomic E-state index is 9.91. The molecule has 4 heteroatoms. The number of benzene rings is 1. The van der Waals surface area contributed by atoms with Crippen molar-refractivity contribution in [1.82, 2.24) is 9.78 Å². The SMILES string of the molecule is O=C=NCCc1cnn(-c2ccccc2)c1. The second-order valence-corrected chi connectivity index (χ2v) is 3.35. The van der Waals surface area contributed by atoms with E-state index in [-0.39, 0.29) is 0 Å². The van der Waals surface area contributed by atoms with Gasteiger partial charge in [-0.15, -0.1) is 0 Å². The molecule has 0 atom stereocenters. The van der Waals surface area contributed by atoms with Gasteiger partial charge in [0, 0.05) is 6.20 Å². The van der Waals surface area contributed by atoms with Crippen LogP contribution in [0.1, 0.15) is 5.56 Å². The highest BCUT2D eigenvalue weighted by Crippen LogP contribution is 2.07. The molecule has 0 amide bonds. The minimum Gasteiger partial charge on any atom is -0.241 e. The molecule has 0 unspecified atom stereocenters. The number of hydrogen-bond donors (Lipinski definition) is 0. The van der Waals surface area contributed by atoms with Crippen LogP contribution < -0.4 is 0 Å². The van der Waals surface area contributed by atoms with Gasteiger partial charge in [-0.2, -0.15) is 5.10 Å². The molecule has 2 rings (SSSR count). The van der Waals surface area contributed by atoms with E-state index in [0.717, 1.165) is 11.3 Å². The minimum absolute atomic E-state index is 0.462. The van der Waals surface area contributed by atoms with E-state index in [9.17, 15) is 4.79 Å². The van der Waals surface area contributed by atoms with Gasteiger partial charge in [-0.25, -0.2) is 14.5 Å². The zero-order valence-electron chi connectivity index (χ0n) is 8.71. The monoisotopic (exact) mass is 213 g/mol. The molecule has 0 spiro atoms. The van der Waals surface area contributed by atoms with Crippen molar-refractivity contribution in [3.05, 3.63) is 48.3 Å². The predicted octanol–water partition coefficient (Wildman–Crippen LogP) is 1.75. The van der Waals surface area contributed by atoms with Gasteiger partial charge in [-0.1, -0.05) is 18.2 Å². The maximum Gasteiger partial charge on any atom is 0.234 e. The van der Waals surface area contributed by atoms with Crippen LogP contribution in [0.2, 0.25) is 0 Å². The highest BCUT2D eigenvalue weighted by Gasteiger charge is 1.99. The Hall–Kier alpha value is -2.19. The standard InChI is InChI=1S/C12H11N3O/c16-10-13-7-6-11-8-14-15(9-11)12-4-2-1-3-5-12/h1-5,8-9H,6-7H2. The third-order valence-corrected chi connectivity index (χ3v) is 2.23. The Morgan fingerprint density at radius 2 is 2.12 bits per heavy atom. The zero-order chi connectivity index (χ0) is 11.2. The van der Waals surface area contributed by atoms with E-state index in [4.69, 9.17) is 0 Å². The van der Waals surface area contributed by atoms with Crippen molar-refractivity contribution in [2.75, 3.05) is 6.54 Å². The summed E-state index contributed by atoms with van der Waals surface area (Å²) < 4.78 is 1.81. The second kappa shape index (κ2) is 5.05. The van der Waals surface area contributed by atoms with Crippen LogP contribution in [0.5, 0.6) is 0 Å². The van der Waals surface area contributed by atoms with E-state index in [1.165, 1.54) is 6.08 Å². The first-order valence-electron chi connectivity index (χ1n) is 5.03. The number of carbonyl (C=O) groups excluding carboxylic acids is 1. The first-order valence-corrected chi connectivity index (χ1v) is 5.03. The molecule has 80 valence electrons. The van der Waals surface area contributed by atoms with Gasteiger partial charge >= 0.3 is 0 Å². The van der Waals surface area contributed by atoms with Crippen LogP contribution >= 0.6 is 0 Å². The summed E-state index contributed by atoms with van der Waals surface area (Å²) >= 11 is 0. The third kappa shape index (κ3) is 2.43. The summed E-state index contributed by atoms with van der Waals surface area (Å²) in [6.45, 7) is 0.462. The van der Waals surface area contributed by atoms with Crippen molar-refractivity contribution >= 4 is 6.08 Å². The van der Waals surface area contributed by atoms with E-state index < -0.39 is 0 Å². The summed E-state index contributed by atoms with van der Waals surface area (Å²) in [5, 5.41) is 4.24. The van der Waals surface area contributed by atoms with Crippen molar-refractivity contribution in [1.29, 1.82) is 0 Å². The Morgan fingerprint density at radius 3 is 2.88 bits per heavy atom. The lowest BCUT2D eigenvalue weighted by molar-refractivity contribution is 0.563. The molecule has 0 radical (unpaired) electrons. The Bertz CT molecular complexity index is 498. The highest BCUT2D eigenvalue weighted by molar-refractivity contribution is 5.33. The molecule has 1 heterocycles. The van der Waals surface area contributed by atoms with Crippen LogP contribution in [0, 0.1) is 0 Å². The van der Waals surface area contributed by atoms with Crippen molar-refractivity contribution < 1.29 is 4.79 Å². The van der Waals surface area contributed by atoms with Crippen LogP contribution in [0.3, 0.4) is 0 Å². The number of hydrogen-bond acceptors (Lipinski definition) is 3. The van der Waals surface area contributed by atoms with E-state index in [1.54, 1.807) is 10.9 Å². The van der Waals surface area contributed by atoms with Gasteiger partial charge < -0.3 is 0 Å². The van der Waals surface area contributed by atoms with Crippen molar-refractivity contribution in [2.45, 2.75) is 6.42 Å². The van der Waals surface area contributed by atoms with Crippen molar-refractivity contribution in [3.8, 4) is 5.69 Å². The number of para-hydroxylation sites is 1. The molecular weight excluding hydrogens is 202 g/mol. The zero-order valence-corrected chi connectivity index (χ0v) is 8.71. The lowest BCUT2D eigenvalue weighted by atomic mass is 10.2. The number of aromatic nitrogens is 2. The molecule has 4 nitrogen and oxygen atoms in total. The van der Waals surface area contributed by atoms with Gasteiger partial charge in [0.05, 0.1) is 18.4 Å². The number of aliphatic imine (C=N–C) groups is 1.